The summed E-state index contributed by atoms with van der Waals surface area (Å²) in [4.78, 5) is 13.6. The molecular formula is C12H13NO3. The van der Waals surface area contributed by atoms with Gasteiger partial charge in [0.05, 0.1) is 0 Å². The molecule has 84 valence electrons. The molecular weight excluding hydrogens is 206 g/mol. The van der Waals surface area contributed by atoms with E-state index in [9.17, 15) is 9.90 Å². The van der Waals surface area contributed by atoms with Crippen LogP contribution in [0, 0.1) is 6.92 Å². The Morgan fingerprint density at radius 1 is 1.50 bits per heavy atom. The summed E-state index contributed by atoms with van der Waals surface area (Å²) < 4.78 is 0. The van der Waals surface area contributed by atoms with E-state index < -0.39 is 12.1 Å². The number of aromatic amines is 1. The first kappa shape index (κ1) is 10.7. The molecule has 4 heteroatoms. The summed E-state index contributed by atoms with van der Waals surface area (Å²) in [5, 5.41) is 18.9. The van der Waals surface area contributed by atoms with E-state index in [4.69, 9.17) is 5.11 Å². The molecule has 2 rings (SSSR count). The maximum Gasteiger partial charge on any atom is 0.332 e. The number of nitrogens with one attached hydrogen (secondary N) is 1. The Kier molecular flexibility index (Phi) is 2.66. The third-order valence-corrected chi connectivity index (χ3v) is 2.62. The summed E-state index contributed by atoms with van der Waals surface area (Å²) in [5.41, 5.74) is 2.93. The average molecular weight is 219 g/mol. The van der Waals surface area contributed by atoms with Gasteiger partial charge in [-0.25, -0.2) is 4.79 Å². The van der Waals surface area contributed by atoms with E-state index >= 15 is 0 Å². The number of aryl methyl sites for hydroxylation is 1. The van der Waals surface area contributed by atoms with Gasteiger partial charge in [0.2, 0.25) is 0 Å². The maximum absolute atomic E-state index is 10.6. The van der Waals surface area contributed by atoms with Gasteiger partial charge in [-0.15, -0.1) is 0 Å². The van der Waals surface area contributed by atoms with Crippen LogP contribution in [0.15, 0.2) is 24.4 Å². The van der Waals surface area contributed by atoms with Crippen molar-refractivity contribution in [1.82, 2.24) is 4.98 Å². The zero-order valence-electron chi connectivity index (χ0n) is 8.90. The molecule has 0 aliphatic rings. The number of aliphatic carboxylic acids is 1. The second-order valence-corrected chi connectivity index (χ2v) is 3.92. The van der Waals surface area contributed by atoms with Crippen molar-refractivity contribution in [3.63, 3.8) is 0 Å². The van der Waals surface area contributed by atoms with Gasteiger partial charge in [0.25, 0.3) is 0 Å². The highest BCUT2D eigenvalue weighted by Gasteiger charge is 2.15. The fraction of sp³-hybridized carbons (Fsp3) is 0.250. The molecule has 0 bridgehead atoms. The number of carbonyl (C=O) groups is 1. The van der Waals surface area contributed by atoms with Crippen molar-refractivity contribution in [3.8, 4) is 0 Å². The number of carboxylic acids is 1. The van der Waals surface area contributed by atoms with Crippen molar-refractivity contribution >= 4 is 16.9 Å². The van der Waals surface area contributed by atoms with Crippen LogP contribution in [0.3, 0.4) is 0 Å². The van der Waals surface area contributed by atoms with E-state index in [0.29, 0.717) is 0 Å². The lowest BCUT2D eigenvalue weighted by atomic mass is 10.1. The second kappa shape index (κ2) is 3.98. The molecule has 1 aromatic heterocycles. The molecule has 3 N–H and O–H groups in total. The molecule has 1 atom stereocenters. The Balaban J connectivity index is 2.35. The molecule has 0 saturated heterocycles. The minimum absolute atomic E-state index is 0.123. The van der Waals surface area contributed by atoms with Crippen LogP contribution in [0.4, 0.5) is 0 Å². The molecule has 0 aliphatic heterocycles. The molecule has 0 aliphatic carbocycles. The normalized spacial score (nSPS) is 12.9. The minimum atomic E-state index is -1.35. The number of aromatic nitrogens is 1. The summed E-state index contributed by atoms with van der Waals surface area (Å²) >= 11 is 0. The number of carboxylic acid groups (broad SMARTS) is 1. The number of aliphatic hydroxyl groups is 1. The topological polar surface area (TPSA) is 73.3 Å². The number of aliphatic hydroxyl groups excluding tert-OH is 1. The van der Waals surface area contributed by atoms with Gasteiger partial charge < -0.3 is 15.2 Å². The fourth-order valence-corrected chi connectivity index (χ4v) is 1.76. The van der Waals surface area contributed by atoms with Crippen LogP contribution in [0.1, 0.15) is 11.1 Å². The molecule has 0 radical (unpaired) electrons. The average Bonchev–Trinajstić information content (AvgIpc) is 2.60. The van der Waals surface area contributed by atoms with Crippen LogP contribution in [-0.2, 0) is 11.2 Å². The molecule has 0 fully saturated rings. The Hall–Kier alpha value is -1.81. The van der Waals surface area contributed by atoms with Gasteiger partial charge in [0.15, 0.2) is 6.10 Å². The largest absolute Gasteiger partial charge is 0.479 e. The highest BCUT2D eigenvalue weighted by molar-refractivity contribution is 5.84. The first-order chi connectivity index (χ1) is 7.58. The summed E-state index contributed by atoms with van der Waals surface area (Å²) in [6.07, 6.45) is 0.523. The quantitative estimate of drug-likeness (QED) is 0.731. The summed E-state index contributed by atoms with van der Waals surface area (Å²) in [5.74, 6) is -1.19. The molecule has 4 nitrogen and oxygen atoms in total. The summed E-state index contributed by atoms with van der Waals surface area (Å²) in [6, 6.07) is 5.89. The van der Waals surface area contributed by atoms with E-state index in [2.05, 4.69) is 4.98 Å². The Morgan fingerprint density at radius 3 is 2.94 bits per heavy atom. The molecule has 1 aromatic carbocycles. The number of hydrogen-bond acceptors (Lipinski definition) is 2. The van der Waals surface area contributed by atoms with E-state index in [0.717, 1.165) is 22.0 Å². The van der Waals surface area contributed by atoms with E-state index in [1.54, 1.807) is 6.20 Å². The molecule has 1 unspecified atom stereocenters. The highest BCUT2D eigenvalue weighted by Crippen LogP contribution is 2.20. The SMILES string of the molecule is Cc1ccc2c(CC(O)C(=O)O)c[nH]c2c1. The molecule has 0 amide bonds. The van der Waals surface area contributed by atoms with E-state index in [-0.39, 0.29) is 6.42 Å². The maximum atomic E-state index is 10.6. The Bertz CT molecular complexity index is 530. The predicted molar refractivity (Wildman–Crippen MR) is 60.4 cm³/mol. The van der Waals surface area contributed by atoms with Gasteiger partial charge in [0.1, 0.15) is 0 Å². The van der Waals surface area contributed by atoms with E-state index in [1.807, 2.05) is 25.1 Å². The van der Waals surface area contributed by atoms with Gasteiger partial charge >= 0.3 is 5.97 Å². The van der Waals surface area contributed by atoms with Crippen LogP contribution < -0.4 is 0 Å². The fourth-order valence-electron chi connectivity index (χ4n) is 1.76. The number of hydrogen-bond donors (Lipinski definition) is 3. The number of benzene rings is 1. The third kappa shape index (κ3) is 1.92. The van der Waals surface area contributed by atoms with Crippen molar-refractivity contribution in [1.29, 1.82) is 0 Å². The summed E-state index contributed by atoms with van der Waals surface area (Å²) in [6.45, 7) is 1.99. The second-order valence-electron chi connectivity index (χ2n) is 3.92. The lowest BCUT2D eigenvalue weighted by Gasteiger charge is -2.03. The van der Waals surface area contributed by atoms with Gasteiger partial charge in [0, 0.05) is 23.5 Å². The van der Waals surface area contributed by atoms with Crippen molar-refractivity contribution in [2.24, 2.45) is 0 Å². The smallest absolute Gasteiger partial charge is 0.332 e. The molecule has 16 heavy (non-hydrogen) atoms. The van der Waals surface area contributed by atoms with Crippen LogP contribution in [-0.4, -0.2) is 27.3 Å². The van der Waals surface area contributed by atoms with Gasteiger partial charge in [-0.05, 0) is 24.1 Å². The molecule has 0 saturated carbocycles. The van der Waals surface area contributed by atoms with Crippen molar-refractivity contribution in [3.05, 3.63) is 35.5 Å². The minimum Gasteiger partial charge on any atom is -0.479 e. The van der Waals surface area contributed by atoms with Gasteiger partial charge in [-0.1, -0.05) is 12.1 Å². The third-order valence-electron chi connectivity index (χ3n) is 2.62. The van der Waals surface area contributed by atoms with Crippen molar-refractivity contribution < 1.29 is 15.0 Å². The Labute approximate surface area is 92.5 Å². The lowest BCUT2D eigenvalue weighted by Crippen LogP contribution is -2.21. The van der Waals surface area contributed by atoms with Crippen LogP contribution in [0.2, 0.25) is 0 Å². The summed E-state index contributed by atoms with van der Waals surface area (Å²) in [7, 11) is 0. The van der Waals surface area contributed by atoms with Crippen LogP contribution >= 0.6 is 0 Å². The van der Waals surface area contributed by atoms with Gasteiger partial charge in [-0.2, -0.15) is 0 Å². The zero-order chi connectivity index (χ0) is 11.7. The molecule has 0 spiro atoms. The first-order valence-corrected chi connectivity index (χ1v) is 5.05. The standard InChI is InChI=1S/C12H13NO3/c1-7-2-3-9-8(5-11(14)12(15)16)6-13-10(9)4-7/h2-4,6,11,13-14H,5H2,1H3,(H,15,16). The van der Waals surface area contributed by atoms with Crippen LogP contribution in [0.25, 0.3) is 10.9 Å². The first-order valence-electron chi connectivity index (χ1n) is 5.05. The molecule has 2 aromatic rings. The molecule has 1 heterocycles. The van der Waals surface area contributed by atoms with Crippen molar-refractivity contribution in [2.75, 3.05) is 0 Å². The zero-order valence-corrected chi connectivity index (χ0v) is 8.90. The van der Waals surface area contributed by atoms with Crippen LogP contribution in [0.5, 0.6) is 0 Å². The Morgan fingerprint density at radius 2 is 2.25 bits per heavy atom. The van der Waals surface area contributed by atoms with Gasteiger partial charge in [-0.3, -0.25) is 0 Å². The highest BCUT2D eigenvalue weighted by atomic mass is 16.4. The monoisotopic (exact) mass is 219 g/mol. The van der Waals surface area contributed by atoms with Crippen molar-refractivity contribution in [2.45, 2.75) is 19.4 Å². The number of H-pyrrole nitrogens is 1. The predicted octanol–water partition coefficient (Wildman–Crippen LogP) is 1.46. The number of fused-ring (bicyclic) bond motifs is 1. The number of rotatable bonds is 3. The van der Waals surface area contributed by atoms with E-state index in [1.165, 1.54) is 0 Å². The lowest BCUT2D eigenvalue weighted by molar-refractivity contribution is -0.146.